The summed E-state index contributed by atoms with van der Waals surface area (Å²) in [5, 5.41) is 5.02. The third kappa shape index (κ3) is 3.09. The molecular weight excluding hydrogens is 280 g/mol. The molecule has 90 valence electrons. The monoisotopic (exact) mass is 294 g/mol. The lowest BCUT2D eigenvalue weighted by Gasteiger charge is -2.08. The molecular formula is C13H15BrN2O. The molecule has 2 aromatic rings. The Morgan fingerprint density at radius 2 is 2.18 bits per heavy atom. The summed E-state index contributed by atoms with van der Waals surface area (Å²) < 4.78 is 7.69. The highest BCUT2D eigenvalue weighted by atomic mass is 79.9. The minimum absolute atomic E-state index is 0.560. The van der Waals surface area contributed by atoms with Gasteiger partial charge in [-0.1, -0.05) is 34.1 Å². The van der Waals surface area contributed by atoms with E-state index in [0.29, 0.717) is 6.61 Å². The number of nitrogens with zero attached hydrogens (tertiary/aromatic N) is 2. The molecule has 0 N–H and O–H groups in total. The van der Waals surface area contributed by atoms with Gasteiger partial charge in [-0.3, -0.25) is 4.68 Å². The summed E-state index contributed by atoms with van der Waals surface area (Å²) in [6.07, 6.45) is 3.86. The van der Waals surface area contributed by atoms with E-state index in [1.54, 1.807) is 0 Å². The molecule has 4 heteroatoms. The van der Waals surface area contributed by atoms with Crippen LogP contribution in [0.3, 0.4) is 0 Å². The fourth-order valence-corrected chi connectivity index (χ4v) is 2.03. The average Bonchev–Trinajstić information content (AvgIpc) is 2.84. The SMILES string of the molecule is CCn1cc(COc2ccccc2CBr)cn1. The molecule has 1 aromatic heterocycles. The lowest BCUT2D eigenvalue weighted by atomic mass is 10.2. The van der Waals surface area contributed by atoms with Crippen molar-refractivity contribution >= 4 is 15.9 Å². The number of aromatic nitrogens is 2. The predicted molar refractivity (Wildman–Crippen MR) is 71.3 cm³/mol. The standard InChI is InChI=1S/C13H15BrN2O/c1-2-16-9-11(8-15-16)10-17-13-6-4-3-5-12(13)7-14/h3-6,8-9H,2,7,10H2,1H3. The average molecular weight is 295 g/mol. The van der Waals surface area contributed by atoms with Crippen molar-refractivity contribution in [3.63, 3.8) is 0 Å². The van der Waals surface area contributed by atoms with Crippen molar-refractivity contribution in [1.82, 2.24) is 9.78 Å². The van der Waals surface area contributed by atoms with E-state index in [-0.39, 0.29) is 0 Å². The third-order valence-corrected chi connectivity index (χ3v) is 3.13. The van der Waals surface area contributed by atoms with Crippen molar-refractivity contribution in [2.75, 3.05) is 0 Å². The maximum absolute atomic E-state index is 5.79. The molecule has 0 saturated heterocycles. The Labute approximate surface area is 110 Å². The smallest absolute Gasteiger partial charge is 0.123 e. The number of para-hydroxylation sites is 1. The number of ether oxygens (including phenoxy) is 1. The molecule has 1 heterocycles. The normalized spacial score (nSPS) is 10.5. The molecule has 0 fully saturated rings. The first-order valence-corrected chi connectivity index (χ1v) is 6.73. The van der Waals surface area contributed by atoms with Gasteiger partial charge >= 0.3 is 0 Å². The van der Waals surface area contributed by atoms with Gasteiger partial charge in [0, 0.05) is 29.2 Å². The van der Waals surface area contributed by atoms with Gasteiger partial charge in [-0.25, -0.2) is 0 Å². The van der Waals surface area contributed by atoms with Gasteiger partial charge in [0.05, 0.1) is 6.20 Å². The van der Waals surface area contributed by atoms with E-state index in [1.165, 1.54) is 0 Å². The second-order valence-electron chi connectivity index (χ2n) is 3.73. The molecule has 0 spiro atoms. The number of aryl methyl sites for hydroxylation is 1. The van der Waals surface area contributed by atoms with Crippen LogP contribution in [0.15, 0.2) is 36.7 Å². The van der Waals surface area contributed by atoms with E-state index < -0.39 is 0 Å². The van der Waals surface area contributed by atoms with Crippen LogP contribution < -0.4 is 4.74 Å². The van der Waals surface area contributed by atoms with Crippen molar-refractivity contribution in [2.45, 2.75) is 25.4 Å². The Morgan fingerprint density at radius 3 is 2.88 bits per heavy atom. The summed E-state index contributed by atoms with van der Waals surface area (Å²) in [5.41, 5.74) is 2.26. The molecule has 0 aliphatic heterocycles. The van der Waals surface area contributed by atoms with Gasteiger partial charge in [-0.05, 0) is 13.0 Å². The lowest BCUT2D eigenvalue weighted by molar-refractivity contribution is 0.304. The Hall–Kier alpha value is -1.29. The van der Waals surface area contributed by atoms with E-state index in [9.17, 15) is 0 Å². The summed E-state index contributed by atoms with van der Waals surface area (Å²) in [6, 6.07) is 8.04. The molecule has 3 nitrogen and oxygen atoms in total. The summed E-state index contributed by atoms with van der Waals surface area (Å²) >= 11 is 3.45. The molecule has 0 saturated carbocycles. The minimum atomic E-state index is 0.560. The zero-order valence-corrected chi connectivity index (χ0v) is 11.4. The van der Waals surface area contributed by atoms with Crippen molar-refractivity contribution in [1.29, 1.82) is 0 Å². The fourth-order valence-electron chi connectivity index (χ4n) is 1.57. The number of rotatable bonds is 5. The van der Waals surface area contributed by atoms with Crippen LogP contribution in [0.2, 0.25) is 0 Å². The van der Waals surface area contributed by atoms with Crippen molar-refractivity contribution in [3.05, 3.63) is 47.8 Å². The molecule has 0 aliphatic rings. The number of benzene rings is 1. The lowest BCUT2D eigenvalue weighted by Crippen LogP contribution is -1.97. The molecule has 0 radical (unpaired) electrons. The van der Waals surface area contributed by atoms with E-state index in [4.69, 9.17) is 4.74 Å². The first-order valence-electron chi connectivity index (χ1n) is 5.61. The second-order valence-corrected chi connectivity index (χ2v) is 4.30. The van der Waals surface area contributed by atoms with Crippen LogP contribution in [0.5, 0.6) is 5.75 Å². The molecule has 0 atom stereocenters. The van der Waals surface area contributed by atoms with E-state index >= 15 is 0 Å². The van der Waals surface area contributed by atoms with Gasteiger partial charge in [-0.2, -0.15) is 5.10 Å². The number of hydrogen-bond donors (Lipinski definition) is 0. The molecule has 17 heavy (non-hydrogen) atoms. The molecule has 0 bridgehead atoms. The highest BCUT2D eigenvalue weighted by molar-refractivity contribution is 9.08. The highest BCUT2D eigenvalue weighted by Crippen LogP contribution is 2.21. The Bertz CT molecular complexity index is 482. The highest BCUT2D eigenvalue weighted by Gasteiger charge is 2.03. The van der Waals surface area contributed by atoms with E-state index in [1.807, 2.05) is 35.3 Å². The number of hydrogen-bond acceptors (Lipinski definition) is 2. The van der Waals surface area contributed by atoms with Crippen LogP contribution in [0.1, 0.15) is 18.1 Å². The Balaban J connectivity index is 2.01. The van der Waals surface area contributed by atoms with Gasteiger partial charge in [-0.15, -0.1) is 0 Å². The van der Waals surface area contributed by atoms with Gasteiger partial charge < -0.3 is 4.74 Å². The minimum Gasteiger partial charge on any atom is -0.488 e. The zero-order valence-electron chi connectivity index (χ0n) is 9.77. The maximum Gasteiger partial charge on any atom is 0.123 e. The summed E-state index contributed by atoms with van der Waals surface area (Å²) in [5.74, 6) is 0.925. The van der Waals surface area contributed by atoms with Crippen LogP contribution in [-0.2, 0) is 18.5 Å². The largest absolute Gasteiger partial charge is 0.488 e. The molecule has 0 aliphatic carbocycles. The van der Waals surface area contributed by atoms with Crippen LogP contribution >= 0.6 is 15.9 Å². The molecule has 0 amide bonds. The number of alkyl halides is 1. The van der Waals surface area contributed by atoms with Crippen molar-refractivity contribution in [3.8, 4) is 5.75 Å². The van der Waals surface area contributed by atoms with Crippen LogP contribution in [0.25, 0.3) is 0 Å². The van der Waals surface area contributed by atoms with Crippen molar-refractivity contribution < 1.29 is 4.74 Å². The van der Waals surface area contributed by atoms with Crippen LogP contribution in [-0.4, -0.2) is 9.78 Å². The first kappa shape index (κ1) is 12.2. The van der Waals surface area contributed by atoms with Gasteiger partial charge in [0.1, 0.15) is 12.4 Å². The predicted octanol–water partition coefficient (Wildman–Crippen LogP) is 3.38. The van der Waals surface area contributed by atoms with E-state index in [0.717, 1.165) is 28.8 Å². The van der Waals surface area contributed by atoms with Crippen molar-refractivity contribution in [2.24, 2.45) is 0 Å². The van der Waals surface area contributed by atoms with E-state index in [2.05, 4.69) is 34.0 Å². The maximum atomic E-state index is 5.79. The fraction of sp³-hybridized carbons (Fsp3) is 0.308. The zero-order chi connectivity index (χ0) is 12.1. The molecule has 0 unspecified atom stereocenters. The summed E-state index contributed by atoms with van der Waals surface area (Å²) in [4.78, 5) is 0. The Morgan fingerprint density at radius 1 is 1.35 bits per heavy atom. The summed E-state index contributed by atoms with van der Waals surface area (Å²) in [6.45, 7) is 3.51. The third-order valence-electron chi connectivity index (χ3n) is 2.52. The van der Waals surface area contributed by atoms with Gasteiger partial charge in [0.2, 0.25) is 0 Å². The quantitative estimate of drug-likeness (QED) is 0.791. The number of halogens is 1. The first-order chi connectivity index (χ1) is 8.33. The topological polar surface area (TPSA) is 27.1 Å². The molecule has 1 aromatic carbocycles. The van der Waals surface area contributed by atoms with Crippen LogP contribution in [0.4, 0.5) is 0 Å². The Kier molecular flexibility index (Phi) is 4.20. The second kappa shape index (κ2) is 5.87. The van der Waals surface area contributed by atoms with Gasteiger partial charge in [0.25, 0.3) is 0 Å². The van der Waals surface area contributed by atoms with Crippen LogP contribution in [0, 0.1) is 0 Å². The summed E-state index contributed by atoms with van der Waals surface area (Å²) in [7, 11) is 0. The van der Waals surface area contributed by atoms with Gasteiger partial charge in [0.15, 0.2) is 0 Å². The molecule has 2 rings (SSSR count).